The first-order chi connectivity index (χ1) is 12.1. The normalized spacial score (nSPS) is 18.6. The predicted octanol–water partition coefficient (Wildman–Crippen LogP) is 1.23. The molecule has 0 spiro atoms. The molecular formula is C18H26Cl2N4O2. The highest BCUT2D eigenvalue weighted by molar-refractivity contribution is 6.30. The quantitative estimate of drug-likeness (QED) is 0.807. The summed E-state index contributed by atoms with van der Waals surface area (Å²) in [7, 11) is 0. The van der Waals surface area contributed by atoms with E-state index in [0.717, 1.165) is 38.3 Å². The molecule has 2 fully saturated rings. The second kappa shape index (κ2) is 10.1. The van der Waals surface area contributed by atoms with E-state index < -0.39 is 0 Å². The monoisotopic (exact) mass is 400 g/mol. The predicted molar refractivity (Wildman–Crippen MR) is 105 cm³/mol. The zero-order valence-corrected chi connectivity index (χ0v) is 16.4. The van der Waals surface area contributed by atoms with Gasteiger partial charge in [0.25, 0.3) is 0 Å². The van der Waals surface area contributed by atoms with Gasteiger partial charge in [0, 0.05) is 63.8 Å². The summed E-state index contributed by atoms with van der Waals surface area (Å²) in [6.07, 6.45) is 0.488. The lowest BCUT2D eigenvalue weighted by Gasteiger charge is -2.35. The summed E-state index contributed by atoms with van der Waals surface area (Å²) in [5.41, 5.74) is 1.04. The van der Waals surface area contributed by atoms with Crippen molar-refractivity contribution < 1.29 is 9.59 Å². The number of hydrogen-bond donors (Lipinski definition) is 1. The highest BCUT2D eigenvalue weighted by Crippen LogP contribution is 2.14. The van der Waals surface area contributed by atoms with Crippen LogP contribution in [0.15, 0.2) is 24.3 Å². The van der Waals surface area contributed by atoms with Gasteiger partial charge < -0.3 is 15.1 Å². The first-order valence-corrected chi connectivity index (χ1v) is 9.23. The lowest BCUT2D eigenvalue weighted by Crippen LogP contribution is -2.51. The second-order valence-electron chi connectivity index (χ2n) is 6.60. The first-order valence-electron chi connectivity index (χ1n) is 8.85. The van der Waals surface area contributed by atoms with Crippen LogP contribution in [0.4, 0.5) is 0 Å². The van der Waals surface area contributed by atoms with E-state index in [-0.39, 0.29) is 24.2 Å². The fourth-order valence-corrected chi connectivity index (χ4v) is 3.51. The van der Waals surface area contributed by atoms with Gasteiger partial charge in [-0.1, -0.05) is 23.7 Å². The van der Waals surface area contributed by atoms with Crippen molar-refractivity contribution in [3.63, 3.8) is 0 Å². The van der Waals surface area contributed by atoms with Gasteiger partial charge in [0.1, 0.15) is 0 Å². The van der Waals surface area contributed by atoms with Crippen molar-refractivity contribution in [2.75, 3.05) is 52.4 Å². The number of carbonyl (C=O) groups excluding carboxylic acids is 2. The minimum absolute atomic E-state index is 0. The number of nitrogens with zero attached hydrogens (tertiary/aromatic N) is 3. The molecule has 144 valence electrons. The summed E-state index contributed by atoms with van der Waals surface area (Å²) >= 11 is 6.01. The Labute approximate surface area is 165 Å². The molecule has 0 radical (unpaired) electrons. The average Bonchev–Trinajstić information content (AvgIpc) is 2.62. The number of halogens is 2. The number of rotatable bonds is 5. The average molecular weight is 401 g/mol. The fourth-order valence-electron chi connectivity index (χ4n) is 3.30. The number of piperazine rings is 2. The third-order valence-corrected chi connectivity index (χ3v) is 5.01. The van der Waals surface area contributed by atoms with Crippen LogP contribution >= 0.6 is 24.0 Å². The van der Waals surface area contributed by atoms with Crippen LogP contribution in [0.1, 0.15) is 12.0 Å². The van der Waals surface area contributed by atoms with Gasteiger partial charge in [0.2, 0.25) is 11.8 Å². The Morgan fingerprint density at radius 2 is 1.92 bits per heavy atom. The van der Waals surface area contributed by atoms with Crippen LogP contribution in [0.2, 0.25) is 5.02 Å². The van der Waals surface area contributed by atoms with Crippen LogP contribution in [0.5, 0.6) is 0 Å². The van der Waals surface area contributed by atoms with Gasteiger partial charge in [0.05, 0.1) is 6.54 Å². The Hall–Kier alpha value is -1.34. The Morgan fingerprint density at radius 1 is 1.15 bits per heavy atom. The Morgan fingerprint density at radius 3 is 2.62 bits per heavy atom. The maximum atomic E-state index is 12.4. The molecule has 1 aromatic rings. The molecule has 2 amide bonds. The Balaban J connectivity index is 0.00000243. The molecule has 0 unspecified atom stereocenters. The van der Waals surface area contributed by atoms with E-state index in [1.807, 2.05) is 34.1 Å². The molecule has 0 aliphatic carbocycles. The van der Waals surface area contributed by atoms with Crippen LogP contribution in [-0.4, -0.2) is 78.9 Å². The minimum Gasteiger partial charge on any atom is -0.340 e. The molecule has 2 aliphatic rings. The van der Waals surface area contributed by atoms with Crippen molar-refractivity contribution >= 4 is 35.8 Å². The van der Waals surface area contributed by atoms with Gasteiger partial charge in [-0.3, -0.25) is 14.5 Å². The molecule has 0 saturated carbocycles. The van der Waals surface area contributed by atoms with Gasteiger partial charge in [-0.05, 0) is 17.7 Å². The van der Waals surface area contributed by atoms with Crippen molar-refractivity contribution in [2.24, 2.45) is 0 Å². The molecule has 2 aliphatic heterocycles. The van der Waals surface area contributed by atoms with Crippen molar-refractivity contribution in [3.8, 4) is 0 Å². The van der Waals surface area contributed by atoms with E-state index in [4.69, 9.17) is 11.6 Å². The zero-order chi connectivity index (χ0) is 17.6. The van der Waals surface area contributed by atoms with E-state index in [1.54, 1.807) is 0 Å². The molecule has 0 atom stereocenters. The van der Waals surface area contributed by atoms with Crippen LogP contribution in [-0.2, 0) is 16.1 Å². The zero-order valence-electron chi connectivity index (χ0n) is 14.8. The molecule has 1 aromatic carbocycles. The molecular weight excluding hydrogens is 375 g/mol. The minimum atomic E-state index is 0. The maximum absolute atomic E-state index is 12.4. The lowest BCUT2D eigenvalue weighted by atomic mass is 10.2. The van der Waals surface area contributed by atoms with E-state index in [0.29, 0.717) is 37.6 Å². The number of nitrogens with one attached hydrogen (secondary N) is 1. The van der Waals surface area contributed by atoms with E-state index in [9.17, 15) is 9.59 Å². The molecule has 8 heteroatoms. The Bertz CT molecular complexity index is 623. The summed E-state index contributed by atoms with van der Waals surface area (Å²) in [5.74, 6) is 0.302. The topological polar surface area (TPSA) is 55.9 Å². The second-order valence-corrected chi connectivity index (χ2v) is 7.04. The summed E-state index contributed by atoms with van der Waals surface area (Å²) in [5, 5.41) is 3.94. The fraction of sp³-hybridized carbons (Fsp3) is 0.556. The summed E-state index contributed by atoms with van der Waals surface area (Å²) in [6, 6.07) is 7.62. The smallest absolute Gasteiger partial charge is 0.237 e. The Kier molecular flexibility index (Phi) is 8.15. The van der Waals surface area contributed by atoms with Gasteiger partial charge in [-0.25, -0.2) is 0 Å². The van der Waals surface area contributed by atoms with Crippen molar-refractivity contribution in [3.05, 3.63) is 34.9 Å². The highest BCUT2D eigenvalue weighted by atomic mass is 35.5. The van der Waals surface area contributed by atoms with Crippen LogP contribution in [0, 0.1) is 0 Å². The lowest BCUT2D eigenvalue weighted by molar-refractivity contribution is -0.138. The highest BCUT2D eigenvalue weighted by Gasteiger charge is 2.25. The molecule has 1 N–H and O–H groups in total. The molecule has 2 saturated heterocycles. The SMILES string of the molecule is Cl.O=C(CCN1CCN(Cc2cccc(Cl)c2)C(=O)C1)N1CCNCC1. The number of hydrogen-bond acceptors (Lipinski definition) is 4. The molecule has 26 heavy (non-hydrogen) atoms. The standard InChI is InChI=1S/C18H25ClN4O2.ClH/c19-16-3-1-2-15(12-16)13-23-11-10-21(14-18(23)25)7-4-17(24)22-8-5-20-6-9-22;/h1-3,12,20H,4-11,13-14H2;1H. The van der Waals surface area contributed by atoms with Crippen molar-refractivity contribution in [1.29, 1.82) is 0 Å². The van der Waals surface area contributed by atoms with Gasteiger partial charge in [-0.15, -0.1) is 12.4 Å². The van der Waals surface area contributed by atoms with Crippen LogP contribution in [0.25, 0.3) is 0 Å². The third kappa shape index (κ3) is 5.84. The van der Waals surface area contributed by atoms with Crippen molar-refractivity contribution in [1.82, 2.24) is 20.0 Å². The van der Waals surface area contributed by atoms with E-state index in [2.05, 4.69) is 10.2 Å². The van der Waals surface area contributed by atoms with E-state index in [1.165, 1.54) is 0 Å². The summed E-state index contributed by atoms with van der Waals surface area (Å²) in [6.45, 7) is 6.42. The molecule has 2 heterocycles. The third-order valence-electron chi connectivity index (χ3n) is 4.77. The van der Waals surface area contributed by atoms with E-state index >= 15 is 0 Å². The number of benzene rings is 1. The molecule has 3 rings (SSSR count). The summed E-state index contributed by atoms with van der Waals surface area (Å²) < 4.78 is 0. The molecule has 6 nitrogen and oxygen atoms in total. The van der Waals surface area contributed by atoms with Gasteiger partial charge in [-0.2, -0.15) is 0 Å². The van der Waals surface area contributed by atoms with Crippen LogP contribution in [0.3, 0.4) is 0 Å². The van der Waals surface area contributed by atoms with Crippen molar-refractivity contribution in [2.45, 2.75) is 13.0 Å². The number of amides is 2. The number of carbonyl (C=O) groups is 2. The maximum Gasteiger partial charge on any atom is 0.237 e. The van der Waals surface area contributed by atoms with Gasteiger partial charge in [0.15, 0.2) is 0 Å². The first kappa shape index (κ1) is 21.0. The molecule has 0 aromatic heterocycles. The van der Waals surface area contributed by atoms with Gasteiger partial charge >= 0.3 is 0 Å². The largest absolute Gasteiger partial charge is 0.340 e. The molecule has 0 bridgehead atoms. The van der Waals surface area contributed by atoms with Crippen LogP contribution < -0.4 is 5.32 Å². The summed E-state index contributed by atoms with van der Waals surface area (Å²) in [4.78, 5) is 30.5.